The van der Waals surface area contributed by atoms with Crippen LogP contribution in [0.15, 0.2) is 24.4 Å². The molecule has 1 N–H and O–H groups in total. The van der Waals surface area contributed by atoms with Crippen molar-refractivity contribution in [1.82, 2.24) is 4.98 Å². The second-order valence-electron chi connectivity index (χ2n) is 5.13. The van der Waals surface area contributed by atoms with Crippen LogP contribution in [0.2, 0.25) is 0 Å². The highest BCUT2D eigenvalue weighted by molar-refractivity contribution is 5.84. The molecule has 0 bridgehead atoms. The number of hydrogen-bond donors (Lipinski definition) is 1. The van der Waals surface area contributed by atoms with Crippen LogP contribution in [0.1, 0.15) is 49.1 Å². The van der Waals surface area contributed by atoms with E-state index >= 15 is 0 Å². The molecule has 0 atom stereocenters. The Bertz CT molecular complexity index is 489. The van der Waals surface area contributed by atoms with Crippen LogP contribution in [-0.4, -0.2) is 4.98 Å². The van der Waals surface area contributed by atoms with Gasteiger partial charge in [0.05, 0.1) is 0 Å². The fraction of sp³-hybridized carbons (Fsp3) is 0.467. The maximum atomic E-state index is 3.43. The van der Waals surface area contributed by atoms with E-state index in [1.165, 1.54) is 48.6 Å². The summed E-state index contributed by atoms with van der Waals surface area (Å²) in [5.41, 5.74) is 4.19. The second-order valence-corrected chi connectivity index (χ2v) is 5.13. The SMILES string of the molecule is Cc1ccc2c(C3CCCCC3)c[nH]c2c1. The first kappa shape index (κ1) is 9.95. The van der Waals surface area contributed by atoms with Crippen LogP contribution in [0.3, 0.4) is 0 Å². The minimum Gasteiger partial charge on any atom is -0.361 e. The van der Waals surface area contributed by atoms with E-state index in [2.05, 4.69) is 36.3 Å². The third-order valence-corrected chi connectivity index (χ3v) is 3.91. The normalized spacial score (nSPS) is 18.1. The molecule has 1 nitrogen and oxygen atoms in total. The van der Waals surface area contributed by atoms with Gasteiger partial charge in [0.1, 0.15) is 0 Å². The van der Waals surface area contributed by atoms with Crippen molar-refractivity contribution in [2.45, 2.75) is 44.9 Å². The van der Waals surface area contributed by atoms with Gasteiger partial charge in [-0.3, -0.25) is 0 Å². The number of hydrogen-bond acceptors (Lipinski definition) is 0. The molecule has 3 rings (SSSR count). The Kier molecular flexibility index (Phi) is 2.47. The number of fused-ring (bicyclic) bond motifs is 1. The van der Waals surface area contributed by atoms with Gasteiger partial charge in [0, 0.05) is 17.1 Å². The van der Waals surface area contributed by atoms with Crippen molar-refractivity contribution in [1.29, 1.82) is 0 Å². The molecular formula is C15H19N. The Morgan fingerprint density at radius 2 is 1.94 bits per heavy atom. The third kappa shape index (κ3) is 1.64. The molecule has 0 unspecified atom stereocenters. The van der Waals surface area contributed by atoms with Gasteiger partial charge >= 0.3 is 0 Å². The van der Waals surface area contributed by atoms with E-state index in [1.54, 1.807) is 5.56 Å². The van der Waals surface area contributed by atoms with Gasteiger partial charge in [-0.2, -0.15) is 0 Å². The lowest BCUT2D eigenvalue weighted by atomic mass is 9.84. The summed E-state index contributed by atoms with van der Waals surface area (Å²) in [6.45, 7) is 2.15. The molecule has 1 aromatic carbocycles. The largest absolute Gasteiger partial charge is 0.361 e. The van der Waals surface area contributed by atoms with Crippen molar-refractivity contribution in [2.24, 2.45) is 0 Å². The van der Waals surface area contributed by atoms with Gasteiger partial charge in [-0.1, -0.05) is 31.4 Å². The molecule has 0 spiro atoms. The van der Waals surface area contributed by atoms with Crippen LogP contribution in [-0.2, 0) is 0 Å². The van der Waals surface area contributed by atoms with Gasteiger partial charge in [-0.15, -0.1) is 0 Å². The van der Waals surface area contributed by atoms with Gasteiger partial charge in [0.15, 0.2) is 0 Å². The Morgan fingerprint density at radius 3 is 2.75 bits per heavy atom. The zero-order chi connectivity index (χ0) is 11.0. The van der Waals surface area contributed by atoms with E-state index in [1.807, 2.05) is 0 Å². The molecule has 1 fully saturated rings. The van der Waals surface area contributed by atoms with Crippen molar-refractivity contribution < 1.29 is 0 Å². The Hall–Kier alpha value is -1.24. The summed E-state index contributed by atoms with van der Waals surface area (Å²) in [6.07, 6.45) is 9.23. The molecule has 2 aromatic rings. The average molecular weight is 213 g/mol. The van der Waals surface area contributed by atoms with E-state index < -0.39 is 0 Å². The van der Waals surface area contributed by atoms with E-state index in [4.69, 9.17) is 0 Å². The van der Waals surface area contributed by atoms with Crippen molar-refractivity contribution in [3.63, 3.8) is 0 Å². The van der Waals surface area contributed by atoms with Crippen LogP contribution in [0.4, 0.5) is 0 Å². The topological polar surface area (TPSA) is 15.8 Å². The molecule has 1 aliphatic carbocycles. The number of benzene rings is 1. The standard InChI is InChI=1S/C15H19N/c1-11-7-8-13-14(10-16-15(13)9-11)12-5-3-2-4-6-12/h7-10,12,16H,2-6H2,1H3. The monoisotopic (exact) mass is 213 g/mol. The lowest BCUT2D eigenvalue weighted by Crippen LogP contribution is -2.03. The Labute approximate surface area is 96.9 Å². The number of aromatic nitrogens is 1. The van der Waals surface area contributed by atoms with Gasteiger partial charge in [-0.25, -0.2) is 0 Å². The first-order chi connectivity index (χ1) is 7.84. The highest BCUT2D eigenvalue weighted by Gasteiger charge is 2.18. The molecule has 0 amide bonds. The quantitative estimate of drug-likeness (QED) is 0.716. The predicted molar refractivity (Wildman–Crippen MR) is 68.9 cm³/mol. The van der Waals surface area contributed by atoms with E-state index in [-0.39, 0.29) is 0 Å². The van der Waals surface area contributed by atoms with Gasteiger partial charge in [0.25, 0.3) is 0 Å². The molecule has 0 saturated heterocycles. The minimum absolute atomic E-state index is 0.796. The molecule has 1 saturated carbocycles. The van der Waals surface area contributed by atoms with Crippen LogP contribution in [0.25, 0.3) is 10.9 Å². The highest BCUT2D eigenvalue weighted by atomic mass is 14.7. The summed E-state index contributed by atoms with van der Waals surface area (Å²) in [6, 6.07) is 6.76. The van der Waals surface area contributed by atoms with Gasteiger partial charge < -0.3 is 4.98 Å². The third-order valence-electron chi connectivity index (χ3n) is 3.91. The molecule has 1 aliphatic rings. The smallest absolute Gasteiger partial charge is 0.0459 e. The second kappa shape index (κ2) is 3.97. The van der Waals surface area contributed by atoms with Crippen LogP contribution >= 0.6 is 0 Å². The van der Waals surface area contributed by atoms with Crippen LogP contribution in [0, 0.1) is 6.92 Å². The molecule has 1 heteroatoms. The number of aromatic amines is 1. The van der Waals surface area contributed by atoms with Crippen LogP contribution in [0.5, 0.6) is 0 Å². The summed E-state index contributed by atoms with van der Waals surface area (Å²) in [5.74, 6) is 0.796. The fourth-order valence-corrected chi connectivity index (χ4v) is 3.01. The van der Waals surface area contributed by atoms with E-state index in [0.717, 1.165) is 5.92 Å². The molecule has 84 valence electrons. The van der Waals surface area contributed by atoms with Crippen molar-refractivity contribution >= 4 is 10.9 Å². The first-order valence-electron chi connectivity index (χ1n) is 6.42. The number of rotatable bonds is 1. The average Bonchev–Trinajstić information content (AvgIpc) is 2.73. The van der Waals surface area contributed by atoms with Crippen molar-refractivity contribution in [2.75, 3.05) is 0 Å². The summed E-state index contributed by atoms with van der Waals surface area (Å²) < 4.78 is 0. The lowest BCUT2D eigenvalue weighted by molar-refractivity contribution is 0.445. The zero-order valence-electron chi connectivity index (χ0n) is 9.92. The molecule has 0 aliphatic heterocycles. The van der Waals surface area contributed by atoms with Crippen molar-refractivity contribution in [3.8, 4) is 0 Å². The Morgan fingerprint density at radius 1 is 1.12 bits per heavy atom. The molecule has 1 heterocycles. The van der Waals surface area contributed by atoms with E-state index in [9.17, 15) is 0 Å². The van der Waals surface area contributed by atoms with Crippen molar-refractivity contribution in [3.05, 3.63) is 35.5 Å². The van der Waals surface area contributed by atoms with Gasteiger partial charge in [0.2, 0.25) is 0 Å². The zero-order valence-corrected chi connectivity index (χ0v) is 9.92. The fourth-order valence-electron chi connectivity index (χ4n) is 3.01. The molecule has 0 radical (unpaired) electrons. The molecule has 1 aromatic heterocycles. The number of aryl methyl sites for hydroxylation is 1. The van der Waals surface area contributed by atoms with Crippen LogP contribution < -0.4 is 0 Å². The minimum atomic E-state index is 0.796. The number of nitrogens with one attached hydrogen (secondary N) is 1. The van der Waals surface area contributed by atoms with E-state index in [0.29, 0.717) is 0 Å². The summed E-state index contributed by atoms with van der Waals surface area (Å²) in [4.78, 5) is 3.43. The highest BCUT2D eigenvalue weighted by Crippen LogP contribution is 2.36. The maximum Gasteiger partial charge on any atom is 0.0459 e. The number of H-pyrrole nitrogens is 1. The molecular weight excluding hydrogens is 194 g/mol. The maximum absolute atomic E-state index is 3.43. The van der Waals surface area contributed by atoms with Gasteiger partial charge in [-0.05, 0) is 42.9 Å². The summed E-state index contributed by atoms with van der Waals surface area (Å²) >= 11 is 0. The summed E-state index contributed by atoms with van der Waals surface area (Å²) in [5, 5.41) is 1.44. The first-order valence-corrected chi connectivity index (χ1v) is 6.42. The predicted octanol–water partition coefficient (Wildman–Crippen LogP) is 4.52. The Balaban J connectivity index is 2.03. The molecule has 16 heavy (non-hydrogen) atoms. The lowest BCUT2D eigenvalue weighted by Gasteiger charge is -2.21. The summed E-state index contributed by atoms with van der Waals surface area (Å²) in [7, 11) is 0.